The molecule has 6 heteroatoms. The third-order valence-corrected chi connectivity index (χ3v) is 8.27. The molecule has 0 heterocycles. The van der Waals surface area contributed by atoms with Crippen molar-refractivity contribution in [2.75, 3.05) is 20.8 Å². The van der Waals surface area contributed by atoms with Crippen molar-refractivity contribution < 1.29 is 28.6 Å². The zero-order chi connectivity index (χ0) is 20.7. The van der Waals surface area contributed by atoms with Crippen LogP contribution in [0.2, 0.25) is 0 Å². The molecule has 0 amide bonds. The molecule has 0 spiro atoms. The van der Waals surface area contributed by atoms with Gasteiger partial charge in [-0.25, -0.2) is 4.79 Å². The van der Waals surface area contributed by atoms with Crippen LogP contribution in [0.1, 0.15) is 65.7 Å². The monoisotopic (exact) mass is 394 g/mol. The first-order valence-electron chi connectivity index (χ1n) is 10.5. The van der Waals surface area contributed by atoms with E-state index in [4.69, 9.17) is 9.47 Å². The van der Waals surface area contributed by atoms with Crippen LogP contribution < -0.4 is 0 Å². The Morgan fingerprint density at radius 3 is 2.32 bits per heavy atom. The topological polar surface area (TPSA) is 78.9 Å². The average molecular weight is 395 g/mol. The Morgan fingerprint density at radius 1 is 0.964 bits per heavy atom. The molecule has 0 bridgehead atoms. The fourth-order valence-electron chi connectivity index (χ4n) is 7.08. The second-order valence-corrected chi connectivity index (χ2v) is 9.91. The highest BCUT2D eigenvalue weighted by Crippen LogP contribution is 2.67. The number of esters is 1. The van der Waals surface area contributed by atoms with Crippen molar-refractivity contribution >= 4 is 17.9 Å². The molecule has 0 aromatic rings. The Kier molecular flexibility index (Phi) is 5.54. The molecule has 5 atom stereocenters. The number of ketones is 1. The van der Waals surface area contributed by atoms with Gasteiger partial charge in [-0.05, 0) is 61.2 Å². The van der Waals surface area contributed by atoms with E-state index in [1.807, 2.05) is 0 Å². The van der Waals surface area contributed by atoms with Gasteiger partial charge in [0.25, 0.3) is 0 Å². The lowest BCUT2D eigenvalue weighted by Crippen LogP contribution is -2.63. The van der Waals surface area contributed by atoms with Crippen LogP contribution in [0, 0.1) is 34.0 Å². The van der Waals surface area contributed by atoms with Crippen LogP contribution in [0.4, 0.5) is 4.79 Å². The van der Waals surface area contributed by atoms with Crippen molar-refractivity contribution in [3.63, 3.8) is 0 Å². The van der Waals surface area contributed by atoms with E-state index in [1.54, 1.807) is 0 Å². The molecule has 0 aromatic carbocycles. The molecule has 3 fully saturated rings. The standard InChI is InChI=1S/C22H34O6/c1-20(2)10-6-11-21(3)15(20)9-12-22(13-28-19(25)27-5)16(21)8-7-14(17(22)23)18(24)26-4/h14-16H,6-13H2,1-5H3/t14?,15?,16-,21+,22+/m1/s1. The number of rotatable bonds is 3. The highest BCUT2D eigenvalue weighted by Gasteiger charge is 2.65. The Hall–Kier alpha value is -1.59. The fraction of sp³-hybridized carbons (Fsp3) is 0.864. The van der Waals surface area contributed by atoms with Crippen LogP contribution in [0.3, 0.4) is 0 Å². The number of carbonyl (C=O) groups is 3. The highest BCUT2D eigenvalue weighted by atomic mass is 16.7. The van der Waals surface area contributed by atoms with Crippen LogP contribution in [0.25, 0.3) is 0 Å². The zero-order valence-electron chi connectivity index (χ0n) is 17.8. The van der Waals surface area contributed by atoms with Crippen LogP contribution >= 0.6 is 0 Å². The zero-order valence-corrected chi connectivity index (χ0v) is 17.8. The lowest BCUT2D eigenvalue weighted by Gasteiger charge is -2.64. The molecule has 28 heavy (non-hydrogen) atoms. The number of ether oxygens (including phenoxy) is 3. The summed E-state index contributed by atoms with van der Waals surface area (Å²) < 4.78 is 14.9. The van der Waals surface area contributed by atoms with Crippen LogP contribution in [0.5, 0.6) is 0 Å². The molecule has 6 nitrogen and oxygen atoms in total. The van der Waals surface area contributed by atoms with E-state index in [1.165, 1.54) is 20.6 Å². The largest absolute Gasteiger partial charge is 0.508 e. The van der Waals surface area contributed by atoms with Crippen molar-refractivity contribution in [3.05, 3.63) is 0 Å². The molecule has 2 unspecified atom stereocenters. The predicted molar refractivity (Wildman–Crippen MR) is 102 cm³/mol. The minimum absolute atomic E-state index is 0.00374. The van der Waals surface area contributed by atoms with Gasteiger partial charge in [-0.1, -0.05) is 27.2 Å². The number of hydrogen-bond acceptors (Lipinski definition) is 6. The van der Waals surface area contributed by atoms with E-state index in [0.717, 1.165) is 25.7 Å². The number of fused-ring (bicyclic) bond motifs is 3. The van der Waals surface area contributed by atoms with Crippen LogP contribution in [0.15, 0.2) is 0 Å². The SMILES string of the molecule is COC(=O)OC[C@@]12CCC3C(C)(C)CCC[C@]3(C)[C@H]1CCC(C(=O)OC)C2=O. The lowest BCUT2D eigenvalue weighted by molar-refractivity contribution is -0.187. The maximum absolute atomic E-state index is 13.6. The second-order valence-electron chi connectivity index (χ2n) is 9.91. The van der Waals surface area contributed by atoms with Gasteiger partial charge in [0, 0.05) is 0 Å². The van der Waals surface area contributed by atoms with Crippen molar-refractivity contribution in [1.82, 2.24) is 0 Å². The molecule has 0 aromatic heterocycles. The van der Waals surface area contributed by atoms with E-state index in [-0.39, 0.29) is 29.1 Å². The Morgan fingerprint density at radius 2 is 1.68 bits per heavy atom. The Balaban J connectivity index is 2.00. The Labute approximate surface area is 167 Å². The molecule has 0 aliphatic heterocycles. The predicted octanol–water partition coefficient (Wildman–Crippen LogP) is 4.15. The molecule has 0 saturated heterocycles. The summed E-state index contributed by atoms with van der Waals surface area (Å²) in [5, 5.41) is 0. The third-order valence-electron chi connectivity index (χ3n) is 8.27. The summed E-state index contributed by atoms with van der Waals surface area (Å²) in [6.07, 6.45) is 5.47. The van der Waals surface area contributed by atoms with Crippen LogP contribution in [-0.2, 0) is 23.8 Å². The first-order chi connectivity index (χ1) is 13.1. The number of methoxy groups -OCH3 is 2. The van der Waals surface area contributed by atoms with Crippen molar-refractivity contribution in [2.45, 2.75) is 65.7 Å². The van der Waals surface area contributed by atoms with Gasteiger partial charge >= 0.3 is 12.1 Å². The quantitative estimate of drug-likeness (QED) is 0.528. The smallest absolute Gasteiger partial charge is 0.468 e. The fourth-order valence-corrected chi connectivity index (χ4v) is 7.08. The summed E-state index contributed by atoms with van der Waals surface area (Å²) in [6.45, 7) is 6.99. The number of hydrogen-bond donors (Lipinski definition) is 0. The first kappa shape index (κ1) is 21.1. The summed E-state index contributed by atoms with van der Waals surface area (Å²) in [4.78, 5) is 37.6. The average Bonchev–Trinajstić information content (AvgIpc) is 2.65. The molecule has 3 aliphatic carbocycles. The molecule has 0 N–H and O–H groups in total. The summed E-state index contributed by atoms with van der Waals surface area (Å²) in [6, 6.07) is 0. The van der Waals surface area contributed by atoms with Gasteiger partial charge in [0.15, 0.2) is 5.78 Å². The minimum atomic E-state index is -0.829. The van der Waals surface area contributed by atoms with Crippen molar-refractivity contribution in [2.24, 2.45) is 34.0 Å². The Bertz CT molecular complexity index is 655. The molecule has 3 rings (SSSR count). The molecular formula is C22H34O6. The number of carbonyl (C=O) groups excluding carboxylic acids is 3. The molecule has 0 radical (unpaired) electrons. The second kappa shape index (κ2) is 7.34. The van der Waals surface area contributed by atoms with Crippen LogP contribution in [-0.4, -0.2) is 38.7 Å². The summed E-state index contributed by atoms with van der Waals surface area (Å²) in [5.74, 6) is -0.734. The first-order valence-corrected chi connectivity index (χ1v) is 10.5. The third kappa shape index (κ3) is 3.13. The van der Waals surface area contributed by atoms with Gasteiger partial charge in [-0.3, -0.25) is 9.59 Å². The van der Waals surface area contributed by atoms with Gasteiger partial charge in [-0.2, -0.15) is 0 Å². The normalized spacial score (nSPS) is 39.3. The molecule has 3 aliphatic rings. The summed E-state index contributed by atoms with van der Waals surface area (Å²) in [5.41, 5.74) is -0.606. The van der Waals surface area contributed by atoms with Crippen molar-refractivity contribution in [1.29, 1.82) is 0 Å². The molecule has 3 saturated carbocycles. The van der Waals surface area contributed by atoms with Gasteiger partial charge in [0.2, 0.25) is 0 Å². The van der Waals surface area contributed by atoms with E-state index in [2.05, 4.69) is 25.5 Å². The maximum atomic E-state index is 13.6. The highest BCUT2D eigenvalue weighted by molar-refractivity contribution is 6.03. The van der Waals surface area contributed by atoms with E-state index < -0.39 is 23.5 Å². The van der Waals surface area contributed by atoms with Gasteiger partial charge in [0.05, 0.1) is 19.6 Å². The molecule has 158 valence electrons. The van der Waals surface area contributed by atoms with Crippen molar-refractivity contribution in [3.8, 4) is 0 Å². The van der Waals surface area contributed by atoms with E-state index >= 15 is 0 Å². The van der Waals surface area contributed by atoms with E-state index in [9.17, 15) is 14.4 Å². The minimum Gasteiger partial charge on any atom is -0.468 e. The molecular weight excluding hydrogens is 360 g/mol. The van der Waals surface area contributed by atoms with Gasteiger partial charge in [-0.15, -0.1) is 0 Å². The summed E-state index contributed by atoms with van der Waals surface area (Å²) in [7, 11) is 2.58. The van der Waals surface area contributed by atoms with E-state index in [0.29, 0.717) is 18.8 Å². The summed E-state index contributed by atoms with van der Waals surface area (Å²) >= 11 is 0. The van der Waals surface area contributed by atoms with Gasteiger partial charge < -0.3 is 14.2 Å². The lowest BCUT2D eigenvalue weighted by atomic mass is 9.40. The number of Topliss-reactive ketones (excluding diaryl/α,β-unsaturated/α-hetero) is 1. The maximum Gasteiger partial charge on any atom is 0.508 e. The van der Waals surface area contributed by atoms with Gasteiger partial charge in [0.1, 0.15) is 12.5 Å².